The van der Waals surface area contributed by atoms with Crippen molar-refractivity contribution in [1.29, 1.82) is 0 Å². The molecule has 0 aliphatic heterocycles. The minimum absolute atomic E-state index is 0.0318. The van der Waals surface area contributed by atoms with E-state index in [2.05, 4.69) is 21.3 Å². The Hall–Kier alpha value is -6.62. The summed E-state index contributed by atoms with van der Waals surface area (Å²) in [6.45, 7) is 7.27. The second kappa shape index (κ2) is 14.0. The molecule has 0 aliphatic rings. The number of carbonyl (C=O) groups excluding carboxylic acids is 4. The Bertz CT molecular complexity index is 1990. The fraction of sp³-hybridized carbons (Fsp3) is 0.105. The summed E-state index contributed by atoms with van der Waals surface area (Å²) in [6, 6.07) is 23.9. The molecule has 0 atom stereocenters. The standard InChI is InChI=1S/C38H36N6O5/c1-20-5-9-28(18-33(20)43-35(46)24-7-11-31(39)22(3)13-24)41-37(48)26-15-27(17-30(45)16-26)38(49)42-29-10-6-21(2)34(19-29)44-36(47)25-8-12-32(40)23(4)14-25/h5-19,45H,39-40H2,1-4H3,(H,41,48)(H,42,49)(H,43,46)(H,44,47). The molecule has 5 aromatic rings. The van der Waals surface area contributed by atoms with Crippen LogP contribution in [0.1, 0.15) is 63.7 Å². The first-order valence-corrected chi connectivity index (χ1v) is 15.3. The number of aryl methyl sites for hydroxylation is 4. The lowest BCUT2D eigenvalue weighted by molar-refractivity contribution is 0.101. The molecule has 9 N–H and O–H groups in total. The monoisotopic (exact) mass is 656 g/mol. The molecule has 0 bridgehead atoms. The van der Waals surface area contributed by atoms with Crippen molar-refractivity contribution in [3.8, 4) is 5.75 Å². The van der Waals surface area contributed by atoms with Crippen LogP contribution >= 0.6 is 0 Å². The van der Waals surface area contributed by atoms with E-state index in [4.69, 9.17) is 11.5 Å². The maximum absolute atomic E-state index is 13.2. The maximum Gasteiger partial charge on any atom is 0.255 e. The van der Waals surface area contributed by atoms with Crippen LogP contribution in [0.15, 0.2) is 91.0 Å². The Morgan fingerprint density at radius 2 is 0.837 bits per heavy atom. The van der Waals surface area contributed by atoms with Gasteiger partial charge < -0.3 is 37.8 Å². The van der Waals surface area contributed by atoms with Gasteiger partial charge in [-0.3, -0.25) is 19.2 Å². The summed E-state index contributed by atoms with van der Waals surface area (Å²) in [5.74, 6) is -2.13. The third kappa shape index (κ3) is 8.03. The van der Waals surface area contributed by atoms with Crippen LogP contribution < -0.4 is 32.7 Å². The van der Waals surface area contributed by atoms with Crippen molar-refractivity contribution in [3.05, 3.63) is 136 Å². The summed E-state index contributed by atoms with van der Waals surface area (Å²) in [7, 11) is 0. The Labute approximate surface area is 283 Å². The van der Waals surface area contributed by atoms with Crippen molar-refractivity contribution < 1.29 is 24.3 Å². The second-order valence-electron chi connectivity index (χ2n) is 11.8. The molecule has 5 rings (SSSR count). The Kier molecular flexibility index (Phi) is 9.65. The first-order valence-electron chi connectivity index (χ1n) is 15.3. The van der Waals surface area contributed by atoms with E-state index in [9.17, 15) is 24.3 Å². The molecule has 0 aromatic heterocycles. The van der Waals surface area contributed by atoms with Crippen LogP contribution in [0.25, 0.3) is 0 Å². The highest BCUT2D eigenvalue weighted by Crippen LogP contribution is 2.26. The van der Waals surface area contributed by atoms with E-state index in [0.717, 1.165) is 22.3 Å². The zero-order valence-electron chi connectivity index (χ0n) is 27.4. The topological polar surface area (TPSA) is 189 Å². The number of nitrogens with two attached hydrogens (primary N) is 2. The fourth-order valence-corrected chi connectivity index (χ4v) is 4.97. The van der Waals surface area contributed by atoms with E-state index in [1.807, 2.05) is 27.7 Å². The van der Waals surface area contributed by atoms with Gasteiger partial charge in [-0.25, -0.2) is 0 Å². The van der Waals surface area contributed by atoms with Crippen LogP contribution in [0, 0.1) is 27.7 Å². The molecule has 0 heterocycles. The summed E-state index contributed by atoms with van der Waals surface area (Å²) in [6.07, 6.45) is 0. The van der Waals surface area contributed by atoms with Crippen molar-refractivity contribution in [2.75, 3.05) is 32.7 Å². The van der Waals surface area contributed by atoms with Crippen molar-refractivity contribution in [2.45, 2.75) is 27.7 Å². The number of benzene rings is 5. The quantitative estimate of drug-likeness (QED) is 0.0894. The highest BCUT2D eigenvalue weighted by Gasteiger charge is 2.16. The molecule has 0 saturated heterocycles. The predicted octanol–water partition coefficient (Wildman–Crippen LogP) is 6.80. The number of nitrogen functional groups attached to an aromatic ring is 2. The van der Waals surface area contributed by atoms with Crippen LogP contribution in [0.4, 0.5) is 34.1 Å². The molecule has 49 heavy (non-hydrogen) atoms. The van der Waals surface area contributed by atoms with E-state index in [-0.39, 0.29) is 28.7 Å². The molecule has 0 saturated carbocycles. The molecule has 11 heteroatoms. The number of carbonyl (C=O) groups is 4. The summed E-state index contributed by atoms with van der Waals surface area (Å²) in [4.78, 5) is 52.3. The molecule has 0 spiro atoms. The number of rotatable bonds is 8. The molecule has 0 radical (unpaired) electrons. The van der Waals surface area contributed by atoms with E-state index in [0.29, 0.717) is 45.3 Å². The van der Waals surface area contributed by atoms with Gasteiger partial charge in [0.15, 0.2) is 0 Å². The lowest BCUT2D eigenvalue weighted by Crippen LogP contribution is -2.17. The lowest BCUT2D eigenvalue weighted by atomic mass is 10.1. The van der Waals surface area contributed by atoms with Crippen molar-refractivity contribution >= 4 is 57.8 Å². The molecule has 0 aliphatic carbocycles. The summed E-state index contributed by atoms with van der Waals surface area (Å²) in [5.41, 5.74) is 18.7. The van der Waals surface area contributed by atoms with Gasteiger partial charge in [-0.15, -0.1) is 0 Å². The number of phenolic OH excluding ortho intramolecular Hbond substituents is 1. The van der Waals surface area contributed by atoms with Gasteiger partial charge in [-0.1, -0.05) is 12.1 Å². The highest BCUT2D eigenvalue weighted by atomic mass is 16.3. The van der Waals surface area contributed by atoms with Crippen LogP contribution in [0.5, 0.6) is 5.75 Å². The summed E-state index contributed by atoms with van der Waals surface area (Å²) < 4.78 is 0. The number of amides is 4. The van der Waals surface area contributed by atoms with Gasteiger partial charge in [0.05, 0.1) is 0 Å². The fourth-order valence-electron chi connectivity index (χ4n) is 4.97. The lowest BCUT2D eigenvalue weighted by Gasteiger charge is -2.14. The first kappa shape index (κ1) is 33.7. The number of hydrogen-bond donors (Lipinski definition) is 7. The molecular formula is C38H36N6O5. The second-order valence-corrected chi connectivity index (χ2v) is 11.8. The Morgan fingerprint density at radius 3 is 1.22 bits per heavy atom. The summed E-state index contributed by atoms with van der Waals surface area (Å²) >= 11 is 0. The molecule has 11 nitrogen and oxygen atoms in total. The van der Waals surface area contributed by atoms with Gasteiger partial charge in [0.1, 0.15) is 5.75 Å². The number of hydrogen-bond acceptors (Lipinski definition) is 7. The smallest absolute Gasteiger partial charge is 0.255 e. The molecular weight excluding hydrogens is 620 g/mol. The molecule has 0 fully saturated rings. The van der Waals surface area contributed by atoms with E-state index >= 15 is 0 Å². The average Bonchev–Trinajstić information content (AvgIpc) is 3.06. The minimum atomic E-state index is -0.585. The first-order chi connectivity index (χ1) is 23.3. The van der Waals surface area contributed by atoms with Crippen molar-refractivity contribution in [1.82, 2.24) is 0 Å². The normalized spacial score (nSPS) is 10.6. The number of phenols is 1. The Balaban J connectivity index is 1.28. The summed E-state index contributed by atoms with van der Waals surface area (Å²) in [5, 5.41) is 21.6. The highest BCUT2D eigenvalue weighted by molar-refractivity contribution is 6.10. The largest absolute Gasteiger partial charge is 0.508 e. The van der Waals surface area contributed by atoms with E-state index in [1.54, 1.807) is 72.8 Å². The SMILES string of the molecule is Cc1cc(C(=O)Nc2cc(NC(=O)c3cc(O)cc(C(=O)Nc4ccc(C)c(NC(=O)c5ccc(N)c(C)c5)c4)c3)ccc2C)ccc1N. The van der Waals surface area contributed by atoms with Gasteiger partial charge in [-0.05, 0) is 129 Å². The van der Waals surface area contributed by atoms with Crippen LogP contribution in [0.3, 0.4) is 0 Å². The zero-order chi connectivity index (χ0) is 35.4. The van der Waals surface area contributed by atoms with Crippen molar-refractivity contribution in [3.63, 3.8) is 0 Å². The average molecular weight is 657 g/mol. The zero-order valence-corrected chi connectivity index (χ0v) is 27.4. The predicted molar refractivity (Wildman–Crippen MR) is 193 cm³/mol. The van der Waals surface area contributed by atoms with Crippen LogP contribution in [-0.4, -0.2) is 28.7 Å². The van der Waals surface area contributed by atoms with Gasteiger partial charge in [0.25, 0.3) is 23.6 Å². The minimum Gasteiger partial charge on any atom is -0.508 e. The van der Waals surface area contributed by atoms with Gasteiger partial charge in [0, 0.05) is 56.4 Å². The van der Waals surface area contributed by atoms with Gasteiger partial charge in [-0.2, -0.15) is 0 Å². The van der Waals surface area contributed by atoms with Gasteiger partial charge >= 0.3 is 0 Å². The van der Waals surface area contributed by atoms with Crippen molar-refractivity contribution in [2.24, 2.45) is 0 Å². The van der Waals surface area contributed by atoms with Crippen LogP contribution in [-0.2, 0) is 0 Å². The molecule has 248 valence electrons. The number of anilines is 6. The van der Waals surface area contributed by atoms with E-state index < -0.39 is 11.8 Å². The van der Waals surface area contributed by atoms with Crippen LogP contribution in [0.2, 0.25) is 0 Å². The molecule has 4 amide bonds. The Morgan fingerprint density at radius 1 is 0.449 bits per heavy atom. The third-order valence-electron chi connectivity index (χ3n) is 7.99. The van der Waals surface area contributed by atoms with E-state index in [1.165, 1.54) is 18.2 Å². The maximum atomic E-state index is 13.2. The third-order valence-corrected chi connectivity index (χ3v) is 7.99. The van der Waals surface area contributed by atoms with Gasteiger partial charge in [0.2, 0.25) is 0 Å². The number of aromatic hydroxyl groups is 1. The molecule has 5 aromatic carbocycles. The number of nitrogens with one attached hydrogen (secondary N) is 4. The molecule has 0 unspecified atom stereocenters.